The first-order chi connectivity index (χ1) is 10.6. The van der Waals surface area contributed by atoms with Gasteiger partial charge >= 0.3 is 5.97 Å². The predicted molar refractivity (Wildman–Crippen MR) is 80.9 cm³/mol. The lowest BCUT2D eigenvalue weighted by atomic mass is 10.1. The third-order valence-electron chi connectivity index (χ3n) is 3.12. The van der Waals surface area contributed by atoms with Gasteiger partial charge in [0.2, 0.25) is 0 Å². The summed E-state index contributed by atoms with van der Waals surface area (Å²) in [5.41, 5.74) is 0.856. The number of fused-ring (bicyclic) bond motifs is 1. The summed E-state index contributed by atoms with van der Waals surface area (Å²) >= 11 is 0. The van der Waals surface area contributed by atoms with Crippen molar-refractivity contribution >= 4 is 28.3 Å². The van der Waals surface area contributed by atoms with E-state index in [1.54, 1.807) is 48.7 Å². The molecule has 0 radical (unpaired) electrons. The fraction of sp³-hybridized carbons (Fsp3) is 0. The van der Waals surface area contributed by atoms with Crippen LogP contribution in [0, 0.1) is 0 Å². The quantitative estimate of drug-likeness (QED) is 0.774. The van der Waals surface area contributed by atoms with Crippen molar-refractivity contribution < 1.29 is 14.7 Å². The van der Waals surface area contributed by atoms with Crippen molar-refractivity contribution in [3.05, 3.63) is 66.2 Å². The first-order valence-corrected chi connectivity index (χ1v) is 6.49. The predicted octanol–water partition coefficient (Wildman–Crippen LogP) is 2.58. The normalized spacial score (nSPS) is 10.4. The molecule has 2 aromatic heterocycles. The van der Waals surface area contributed by atoms with Crippen molar-refractivity contribution in [2.75, 3.05) is 5.32 Å². The molecule has 108 valence electrons. The van der Waals surface area contributed by atoms with Crippen LogP contribution in [0.25, 0.3) is 10.8 Å². The van der Waals surface area contributed by atoms with Crippen molar-refractivity contribution in [1.82, 2.24) is 9.97 Å². The molecule has 0 bridgehead atoms. The van der Waals surface area contributed by atoms with Crippen molar-refractivity contribution in [2.45, 2.75) is 0 Å². The van der Waals surface area contributed by atoms with Gasteiger partial charge in [-0.2, -0.15) is 0 Å². The summed E-state index contributed by atoms with van der Waals surface area (Å²) in [5.74, 6) is -1.41. The molecule has 3 rings (SSSR count). The maximum atomic E-state index is 12.0. The van der Waals surface area contributed by atoms with Gasteiger partial charge < -0.3 is 10.4 Å². The van der Waals surface area contributed by atoms with Crippen LogP contribution < -0.4 is 5.32 Å². The Morgan fingerprint density at radius 2 is 1.86 bits per heavy atom. The summed E-state index contributed by atoms with van der Waals surface area (Å²) in [5, 5.41) is 13.0. The van der Waals surface area contributed by atoms with E-state index < -0.39 is 5.97 Å². The van der Waals surface area contributed by atoms with E-state index in [9.17, 15) is 9.59 Å². The van der Waals surface area contributed by atoms with E-state index in [4.69, 9.17) is 5.11 Å². The van der Waals surface area contributed by atoms with Crippen LogP contribution in [0.1, 0.15) is 21.0 Å². The first kappa shape index (κ1) is 13.7. The number of rotatable bonds is 3. The van der Waals surface area contributed by atoms with E-state index in [-0.39, 0.29) is 11.6 Å². The summed E-state index contributed by atoms with van der Waals surface area (Å²) in [4.78, 5) is 31.0. The van der Waals surface area contributed by atoms with Gasteiger partial charge in [0.1, 0.15) is 5.69 Å². The zero-order valence-electron chi connectivity index (χ0n) is 11.4. The molecule has 1 aromatic carbocycles. The molecule has 1 amide bonds. The van der Waals surface area contributed by atoms with Crippen molar-refractivity contribution in [3.8, 4) is 0 Å². The molecule has 0 unspecified atom stereocenters. The Morgan fingerprint density at radius 1 is 1.00 bits per heavy atom. The zero-order valence-corrected chi connectivity index (χ0v) is 11.4. The zero-order chi connectivity index (χ0) is 15.5. The van der Waals surface area contributed by atoms with Crippen LogP contribution in [0.15, 0.2) is 54.9 Å². The van der Waals surface area contributed by atoms with Crippen LogP contribution in [-0.4, -0.2) is 27.0 Å². The monoisotopic (exact) mass is 293 g/mol. The maximum Gasteiger partial charge on any atom is 0.355 e. The molecule has 2 heterocycles. The highest BCUT2D eigenvalue weighted by molar-refractivity contribution is 6.06. The average Bonchev–Trinajstić information content (AvgIpc) is 2.54. The minimum absolute atomic E-state index is 0.0138. The van der Waals surface area contributed by atoms with E-state index in [2.05, 4.69) is 15.3 Å². The topological polar surface area (TPSA) is 92.2 Å². The SMILES string of the molecule is O=C(Nc1ccc2c(C(=O)O)nccc2c1)c1ccccn1. The van der Waals surface area contributed by atoms with Gasteiger partial charge in [0.05, 0.1) is 0 Å². The second-order valence-corrected chi connectivity index (χ2v) is 4.57. The van der Waals surface area contributed by atoms with Crippen LogP contribution >= 0.6 is 0 Å². The molecule has 0 aliphatic carbocycles. The van der Waals surface area contributed by atoms with Crippen LogP contribution in [-0.2, 0) is 0 Å². The summed E-state index contributed by atoms with van der Waals surface area (Å²) in [6.07, 6.45) is 2.97. The van der Waals surface area contributed by atoms with Crippen LogP contribution in [0.3, 0.4) is 0 Å². The fourth-order valence-corrected chi connectivity index (χ4v) is 2.12. The molecular formula is C16H11N3O3. The van der Waals surface area contributed by atoms with E-state index in [0.717, 1.165) is 0 Å². The van der Waals surface area contributed by atoms with Crippen LogP contribution in [0.2, 0.25) is 0 Å². The summed E-state index contributed by atoms with van der Waals surface area (Å²) < 4.78 is 0. The van der Waals surface area contributed by atoms with Gasteiger partial charge in [0, 0.05) is 23.5 Å². The Balaban J connectivity index is 1.93. The number of nitrogens with zero attached hydrogens (tertiary/aromatic N) is 2. The van der Waals surface area contributed by atoms with E-state index in [1.165, 1.54) is 6.20 Å². The van der Waals surface area contributed by atoms with Crippen molar-refractivity contribution in [2.24, 2.45) is 0 Å². The second-order valence-electron chi connectivity index (χ2n) is 4.57. The molecule has 3 aromatic rings. The summed E-state index contributed by atoms with van der Waals surface area (Å²) in [7, 11) is 0. The maximum absolute atomic E-state index is 12.0. The van der Waals surface area contributed by atoms with Gasteiger partial charge in [0.15, 0.2) is 5.69 Å². The van der Waals surface area contributed by atoms with Crippen molar-refractivity contribution in [1.29, 1.82) is 0 Å². The smallest absolute Gasteiger partial charge is 0.355 e. The number of carbonyl (C=O) groups is 2. The Hall–Kier alpha value is -3.28. The Kier molecular flexibility index (Phi) is 3.49. The number of pyridine rings is 2. The lowest BCUT2D eigenvalue weighted by Crippen LogP contribution is -2.13. The number of carboxylic acids is 1. The number of carbonyl (C=O) groups excluding carboxylic acids is 1. The molecule has 0 saturated carbocycles. The minimum atomic E-state index is -1.09. The number of aromatic nitrogens is 2. The highest BCUT2D eigenvalue weighted by Crippen LogP contribution is 2.21. The number of carboxylic acid groups (broad SMARTS) is 1. The molecule has 0 aliphatic rings. The molecular weight excluding hydrogens is 282 g/mol. The molecule has 0 spiro atoms. The lowest BCUT2D eigenvalue weighted by Gasteiger charge is -2.07. The third-order valence-corrected chi connectivity index (χ3v) is 3.12. The molecule has 6 nitrogen and oxygen atoms in total. The van der Waals surface area contributed by atoms with E-state index in [0.29, 0.717) is 22.2 Å². The summed E-state index contributed by atoms with van der Waals surface area (Å²) in [6.45, 7) is 0. The minimum Gasteiger partial charge on any atom is -0.476 e. The van der Waals surface area contributed by atoms with Gasteiger partial charge in [-0.25, -0.2) is 9.78 Å². The number of aromatic carboxylic acids is 1. The van der Waals surface area contributed by atoms with Gasteiger partial charge in [-0.05, 0) is 41.8 Å². The summed E-state index contributed by atoms with van der Waals surface area (Å²) in [6, 6.07) is 11.7. The van der Waals surface area contributed by atoms with Gasteiger partial charge in [0.25, 0.3) is 5.91 Å². The van der Waals surface area contributed by atoms with Crippen molar-refractivity contribution in [3.63, 3.8) is 0 Å². The number of benzene rings is 1. The van der Waals surface area contributed by atoms with Crippen LogP contribution in [0.5, 0.6) is 0 Å². The molecule has 2 N–H and O–H groups in total. The number of anilines is 1. The second kappa shape index (κ2) is 5.61. The number of nitrogens with one attached hydrogen (secondary N) is 1. The largest absolute Gasteiger partial charge is 0.476 e. The standard InChI is InChI=1S/C16H11N3O3/c20-15(13-3-1-2-7-17-13)19-11-4-5-12-10(9-11)6-8-18-14(12)16(21)22/h1-9H,(H,19,20)(H,21,22). The molecule has 0 saturated heterocycles. The average molecular weight is 293 g/mol. The van der Waals surface area contributed by atoms with Crippen LogP contribution in [0.4, 0.5) is 5.69 Å². The van der Waals surface area contributed by atoms with Gasteiger partial charge in [-0.1, -0.05) is 6.07 Å². The Bertz CT molecular complexity index is 863. The molecule has 0 atom stereocenters. The van der Waals surface area contributed by atoms with Gasteiger partial charge in [-0.15, -0.1) is 0 Å². The molecule has 0 fully saturated rings. The number of amides is 1. The van der Waals surface area contributed by atoms with E-state index in [1.807, 2.05) is 0 Å². The fourth-order valence-electron chi connectivity index (χ4n) is 2.12. The molecule has 22 heavy (non-hydrogen) atoms. The molecule has 0 aliphatic heterocycles. The Labute approximate surface area is 125 Å². The molecule has 6 heteroatoms. The lowest BCUT2D eigenvalue weighted by molar-refractivity contribution is 0.0692. The highest BCUT2D eigenvalue weighted by Gasteiger charge is 2.11. The first-order valence-electron chi connectivity index (χ1n) is 6.49. The van der Waals surface area contributed by atoms with Gasteiger partial charge in [-0.3, -0.25) is 9.78 Å². The van der Waals surface area contributed by atoms with E-state index >= 15 is 0 Å². The third kappa shape index (κ3) is 2.62. The highest BCUT2D eigenvalue weighted by atomic mass is 16.4. The Morgan fingerprint density at radius 3 is 2.59 bits per heavy atom. The number of hydrogen-bond acceptors (Lipinski definition) is 4. The number of hydrogen-bond donors (Lipinski definition) is 2.